The van der Waals surface area contributed by atoms with Gasteiger partial charge in [-0.3, -0.25) is 9.59 Å². The molecule has 2 fully saturated rings. The number of pyridine rings is 1. The highest BCUT2D eigenvalue weighted by Crippen LogP contribution is 2.33. The fourth-order valence-electron chi connectivity index (χ4n) is 4.46. The van der Waals surface area contributed by atoms with Crippen molar-refractivity contribution in [2.75, 3.05) is 6.54 Å². The maximum absolute atomic E-state index is 13.3. The summed E-state index contributed by atoms with van der Waals surface area (Å²) >= 11 is 0. The average Bonchev–Trinajstić information content (AvgIpc) is 3.34. The number of carbonyl (C=O) groups is 1. The predicted octanol–water partition coefficient (Wildman–Crippen LogP) is 3.20. The van der Waals surface area contributed by atoms with Crippen molar-refractivity contribution in [3.63, 3.8) is 0 Å². The van der Waals surface area contributed by atoms with Gasteiger partial charge >= 0.3 is 0 Å². The van der Waals surface area contributed by atoms with Gasteiger partial charge in [0.1, 0.15) is 11.3 Å². The van der Waals surface area contributed by atoms with Crippen LogP contribution in [0.25, 0.3) is 0 Å². The first kappa shape index (κ1) is 18.0. The number of aromatic nitrogens is 1. The largest absolute Gasteiger partial charge is 0.467 e. The number of amides is 1. The lowest BCUT2D eigenvalue weighted by Crippen LogP contribution is -2.38. The van der Waals surface area contributed by atoms with Crippen LogP contribution in [0.1, 0.15) is 72.3 Å². The summed E-state index contributed by atoms with van der Waals surface area (Å²) in [4.78, 5) is 28.3. The smallest absolute Gasteiger partial charge is 0.263 e. The number of hydrogen-bond acceptors (Lipinski definition) is 4. The van der Waals surface area contributed by atoms with Crippen LogP contribution in [-0.4, -0.2) is 33.1 Å². The van der Waals surface area contributed by atoms with Gasteiger partial charge in [-0.2, -0.15) is 0 Å². The minimum atomic E-state index is -0.276. The van der Waals surface area contributed by atoms with Gasteiger partial charge in [0.05, 0.1) is 18.4 Å². The standard InChI is InChI=1S/C21H26N2O4/c1-14-10-12-22(15-6-8-16(24)9-7-15)20(25)19(14)21(26)23-11-2-4-17(23)18-5-3-13-27-18/h3,5,10,12-13,15-17,24H,2,4,6-9,11H2,1H3. The van der Waals surface area contributed by atoms with Gasteiger partial charge in [-0.1, -0.05) is 0 Å². The van der Waals surface area contributed by atoms with Gasteiger partial charge in [0.25, 0.3) is 11.5 Å². The summed E-state index contributed by atoms with van der Waals surface area (Å²) in [7, 11) is 0. The molecule has 0 spiro atoms. The van der Waals surface area contributed by atoms with Gasteiger partial charge in [0.15, 0.2) is 0 Å². The number of aliphatic hydroxyl groups is 1. The van der Waals surface area contributed by atoms with Crippen LogP contribution in [0.15, 0.2) is 39.9 Å². The third-order valence-electron chi connectivity index (χ3n) is 5.99. The number of aliphatic hydroxyl groups excluding tert-OH is 1. The Balaban J connectivity index is 1.66. The summed E-state index contributed by atoms with van der Waals surface area (Å²) in [6.45, 7) is 2.45. The summed E-state index contributed by atoms with van der Waals surface area (Å²) in [5.74, 6) is 0.567. The van der Waals surface area contributed by atoms with Crippen molar-refractivity contribution in [3.8, 4) is 0 Å². The highest BCUT2D eigenvalue weighted by molar-refractivity contribution is 5.95. The third kappa shape index (κ3) is 3.34. The van der Waals surface area contributed by atoms with E-state index in [1.807, 2.05) is 25.1 Å². The van der Waals surface area contributed by atoms with Gasteiger partial charge in [-0.05, 0) is 69.2 Å². The molecule has 0 radical (unpaired) electrons. The van der Waals surface area contributed by atoms with Crippen LogP contribution < -0.4 is 5.56 Å². The first-order valence-electron chi connectivity index (χ1n) is 9.80. The van der Waals surface area contributed by atoms with E-state index in [4.69, 9.17) is 4.42 Å². The van der Waals surface area contributed by atoms with E-state index in [9.17, 15) is 14.7 Å². The Bertz CT molecular complexity index is 863. The second-order valence-electron chi connectivity index (χ2n) is 7.72. The Hall–Kier alpha value is -2.34. The molecule has 0 aromatic carbocycles. The van der Waals surface area contributed by atoms with E-state index in [1.54, 1.807) is 21.9 Å². The lowest BCUT2D eigenvalue weighted by atomic mass is 9.92. The summed E-state index contributed by atoms with van der Waals surface area (Å²) in [5, 5.41) is 9.74. The van der Waals surface area contributed by atoms with Crippen molar-refractivity contribution in [2.45, 2.75) is 63.6 Å². The Kier molecular flexibility index (Phi) is 4.91. The fourth-order valence-corrected chi connectivity index (χ4v) is 4.46. The summed E-state index contributed by atoms with van der Waals surface area (Å²) < 4.78 is 7.22. The predicted molar refractivity (Wildman–Crippen MR) is 101 cm³/mol. The molecule has 1 N–H and O–H groups in total. The van der Waals surface area contributed by atoms with Crippen LogP contribution in [-0.2, 0) is 0 Å². The Morgan fingerprint density at radius 1 is 1.19 bits per heavy atom. The molecule has 27 heavy (non-hydrogen) atoms. The molecule has 1 atom stereocenters. The molecule has 6 heteroatoms. The van der Waals surface area contributed by atoms with Crippen LogP contribution in [0, 0.1) is 6.92 Å². The minimum Gasteiger partial charge on any atom is -0.467 e. The third-order valence-corrected chi connectivity index (χ3v) is 5.99. The molecule has 6 nitrogen and oxygen atoms in total. The zero-order valence-corrected chi connectivity index (χ0v) is 15.6. The molecule has 2 aromatic rings. The van der Waals surface area contributed by atoms with E-state index >= 15 is 0 Å². The van der Waals surface area contributed by atoms with E-state index in [1.165, 1.54) is 0 Å². The zero-order valence-electron chi connectivity index (χ0n) is 15.6. The van der Waals surface area contributed by atoms with Crippen molar-refractivity contribution >= 4 is 5.91 Å². The van der Waals surface area contributed by atoms with Gasteiger partial charge in [-0.15, -0.1) is 0 Å². The number of carbonyl (C=O) groups excluding carboxylic acids is 1. The summed E-state index contributed by atoms with van der Waals surface area (Å²) in [6, 6.07) is 5.52. The van der Waals surface area contributed by atoms with Crippen LogP contribution >= 0.6 is 0 Å². The van der Waals surface area contributed by atoms with E-state index in [2.05, 4.69) is 0 Å². The molecular formula is C21H26N2O4. The van der Waals surface area contributed by atoms with E-state index in [-0.39, 0.29) is 35.2 Å². The van der Waals surface area contributed by atoms with E-state index in [0.717, 1.165) is 31.4 Å². The number of rotatable bonds is 3. The van der Waals surface area contributed by atoms with E-state index < -0.39 is 0 Å². The first-order valence-corrected chi connectivity index (χ1v) is 9.80. The van der Waals surface area contributed by atoms with Crippen molar-refractivity contribution in [3.05, 3.63) is 57.9 Å². The van der Waals surface area contributed by atoms with Gasteiger partial charge in [-0.25, -0.2) is 0 Å². The van der Waals surface area contributed by atoms with Crippen molar-refractivity contribution < 1.29 is 14.3 Å². The molecule has 3 heterocycles. The lowest BCUT2D eigenvalue weighted by Gasteiger charge is -2.28. The highest BCUT2D eigenvalue weighted by atomic mass is 16.3. The molecule has 2 aromatic heterocycles. The van der Waals surface area contributed by atoms with Crippen LogP contribution in [0.3, 0.4) is 0 Å². The molecule has 1 aliphatic heterocycles. The second-order valence-corrected chi connectivity index (χ2v) is 7.72. The number of likely N-dealkylation sites (tertiary alicyclic amines) is 1. The Morgan fingerprint density at radius 3 is 2.67 bits per heavy atom. The first-order chi connectivity index (χ1) is 13.1. The number of aryl methyl sites for hydroxylation is 1. The molecule has 144 valence electrons. The maximum Gasteiger partial charge on any atom is 0.263 e. The molecule has 1 saturated carbocycles. The van der Waals surface area contributed by atoms with Gasteiger partial charge < -0.3 is 19.0 Å². The number of nitrogens with zero attached hydrogens (tertiary/aromatic N) is 2. The van der Waals surface area contributed by atoms with E-state index in [0.29, 0.717) is 24.9 Å². The molecule has 1 amide bonds. The van der Waals surface area contributed by atoms with Gasteiger partial charge in [0.2, 0.25) is 0 Å². The molecule has 0 bridgehead atoms. The van der Waals surface area contributed by atoms with Crippen LogP contribution in [0.4, 0.5) is 0 Å². The number of hydrogen-bond donors (Lipinski definition) is 1. The zero-order chi connectivity index (χ0) is 19.0. The van der Waals surface area contributed by atoms with Crippen LogP contribution in [0.2, 0.25) is 0 Å². The van der Waals surface area contributed by atoms with Crippen molar-refractivity contribution in [1.29, 1.82) is 0 Å². The molecule has 1 saturated heterocycles. The summed E-state index contributed by atoms with van der Waals surface area (Å²) in [6.07, 6.45) is 7.80. The quantitative estimate of drug-likeness (QED) is 0.900. The molecule has 1 unspecified atom stereocenters. The monoisotopic (exact) mass is 370 g/mol. The Morgan fingerprint density at radius 2 is 1.96 bits per heavy atom. The molecule has 1 aliphatic carbocycles. The topological polar surface area (TPSA) is 75.7 Å². The van der Waals surface area contributed by atoms with Crippen molar-refractivity contribution in [1.82, 2.24) is 9.47 Å². The number of furan rings is 1. The SMILES string of the molecule is Cc1ccn(C2CCC(O)CC2)c(=O)c1C(=O)N1CCCC1c1ccco1. The maximum atomic E-state index is 13.3. The Labute approximate surface area is 158 Å². The molecular weight excluding hydrogens is 344 g/mol. The minimum absolute atomic E-state index is 0.0486. The highest BCUT2D eigenvalue weighted by Gasteiger charge is 2.34. The summed E-state index contributed by atoms with van der Waals surface area (Å²) in [5.41, 5.74) is 0.760. The normalized spacial score (nSPS) is 25.7. The van der Waals surface area contributed by atoms with Crippen molar-refractivity contribution in [2.24, 2.45) is 0 Å². The average molecular weight is 370 g/mol. The van der Waals surface area contributed by atoms with Gasteiger partial charge in [0, 0.05) is 18.8 Å². The second kappa shape index (κ2) is 7.35. The molecule has 2 aliphatic rings. The lowest BCUT2D eigenvalue weighted by molar-refractivity contribution is 0.0714. The fraction of sp³-hybridized carbons (Fsp3) is 0.524. The molecule has 4 rings (SSSR count). The van der Waals surface area contributed by atoms with Crippen LogP contribution in [0.5, 0.6) is 0 Å².